The molecule has 1 saturated heterocycles. The lowest BCUT2D eigenvalue weighted by atomic mass is 9.95. The van der Waals surface area contributed by atoms with Gasteiger partial charge in [0.2, 0.25) is 5.13 Å². The summed E-state index contributed by atoms with van der Waals surface area (Å²) >= 11 is 8.64. The van der Waals surface area contributed by atoms with E-state index in [-0.39, 0.29) is 16.5 Å². The van der Waals surface area contributed by atoms with Crippen molar-refractivity contribution in [3.8, 4) is 17.2 Å². The molecule has 0 bridgehead atoms. The Bertz CT molecular complexity index is 1670. The molecule has 1 unspecified atom stereocenters. The molecular weight excluding hydrogens is 622 g/mol. The Morgan fingerprint density at radius 2 is 1.73 bits per heavy atom. The summed E-state index contributed by atoms with van der Waals surface area (Å²) in [7, 11) is 3.02. The van der Waals surface area contributed by atoms with Crippen molar-refractivity contribution in [2.75, 3.05) is 25.7 Å². The van der Waals surface area contributed by atoms with Crippen molar-refractivity contribution < 1.29 is 28.9 Å². The molecule has 9 nitrogen and oxygen atoms in total. The van der Waals surface area contributed by atoms with Crippen LogP contribution >= 0.6 is 34.7 Å². The fourth-order valence-electron chi connectivity index (χ4n) is 4.65. The second-order valence-corrected chi connectivity index (χ2v) is 12.4. The van der Waals surface area contributed by atoms with Gasteiger partial charge in [-0.3, -0.25) is 14.5 Å². The molecule has 0 spiro atoms. The van der Waals surface area contributed by atoms with Crippen molar-refractivity contribution in [1.29, 1.82) is 0 Å². The minimum absolute atomic E-state index is 0.0764. The van der Waals surface area contributed by atoms with Crippen LogP contribution in [0.3, 0.4) is 0 Å². The fourth-order valence-corrected chi connectivity index (χ4v) is 6.60. The van der Waals surface area contributed by atoms with Gasteiger partial charge in [-0.05, 0) is 66.1 Å². The van der Waals surface area contributed by atoms with Crippen molar-refractivity contribution in [2.24, 2.45) is 0 Å². The van der Waals surface area contributed by atoms with Gasteiger partial charge in [0.15, 0.2) is 15.8 Å². The number of ketones is 1. The molecule has 228 valence electrons. The van der Waals surface area contributed by atoms with Gasteiger partial charge in [-0.25, -0.2) is 0 Å². The molecule has 5 rings (SSSR count). The van der Waals surface area contributed by atoms with E-state index in [4.69, 9.17) is 25.8 Å². The molecule has 12 heteroatoms. The molecule has 1 aromatic heterocycles. The van der Waals surface area contributed by atoms with Crippen LogP contribution in [0.4, 0.5) is 5.13 Å². The van der Waals surface area contributed by atoms with Gasteiger partial charge in [0.1, 0.15) is 11.5 Å². The number of aliphatic hydroxyl groups is 1. The van der Waals surface area contributed by atoms with E-state index < -0.39 is 17.7 Å². The lowest BCUT2D eigenvalue weighted by molar-refractivity contribution is -0.132. The summed E-state index contributed by atoms with van der Waals surface area (Å²) in [5.74, 6) is 0.163. The first-order valence-corrected chi connectivity index (χ1v) is 16.0. The quantitative estimate of drug-likeness (QED) is 0.0421. The van der Waals surface area contributed by atoms with Gasteiger partial charge in [0.05, 0.1) is 32.4 Å². The van der Waals surface area contributed by atoms with E-state index in [9.17, 15) is 14.7 Å². The number of hydrogen-bond donors (Lipinski definition) is 1. The number of benzene rings is 3. The van der Waals surface area contributed by atoms with E-state index in [1.165, 1.54) is 42.2 Å². The fraction of sp³-hybridized carbons (Fsp3) is 0.250. The van der Waals surface area contributed by atoms with Crippen LogP contribution in [0.25, 0.3) is 5.76 Å². The van der Waals surface area contributed by atoms with Gasteiger partial charge in [-0.15, -0.1) is 10.2 Å². The number of aliphatic hydroxyl groups excluding tert-OH is 1. The number of halogens is 1. The Morgan fingerprint density at radius 1 is 1.00 bits per heavy atom. The second kappa shape index (κ2) is 14.1. The van der Waals surface area contributed by atoms with Gasteiger partial charge in [-0.1, -0.05) is 66.2 Å². The molecule has 0 aliphatic carbocycles. The third-order valence-electron chi connectivity index (χ3n) is 6.94. The van der Waals surface area contributed by atoms with E-state index >= 15 is 0 Å². The van der Waals surface area contributed by atoms with Crippen LogP contribution in [0.15, 0.2) is 76.6 Å². The number of aromatic nitrogens is 2. The van der Waals surface area contributed by atoms with Gasteiger partial charge < -0.3 is 19.3 Å². The van der Waals surface area contributed by atoms with E-state index in [1.807, 2.05) is 24.3 Å². The topological polar surface area (TPSA) is 111 Å². The Hall–Kier alpha value is -4.06. The smallest absolute Gasteiger partial charge is 0.301 e. The number of carbonyl (C=O) groups is 2. The molecule has 2 heterocycles. The zero-order valence-corrected chi connectivity index (χ0v) is 26.7. The maximum absolute atomic E-state index is 13.6. The van der Waals surface area contributed by atoms with E-state index in [1.54, 1.807) is 42.5 Å². The molecule has 1 aliphatic rings. The average molecular weight is 652 g/mol. The normalized spacial score (nSPS) is 15.9. The zero-order valence-electron chi connectivity index (χ0n) is 24.3. The Balaban J connectivity index is 1.53. The summed E-state index contributed by atoms with van der Waals surface area (Å²) in [6.07, 6.45) is 1.93. The summed E-state index contributed by atoms with van der Waals surface area (Å²) in [4.78, 5) is 28.5. The van der Waals surface area contributed by atoms with Crippen LogP contribution in [0.5, 0.6) is 17.2 Å². The van der Waals surface area contributed by atoms with E-state index in [0.29, 0.717) is 50.1 Å². The minimum Gasteiger partial charge on any atom is -0.507 e. The molecule has 3 aromatic carbocycles. The van der Waals surface area contributed by atoms with Gasteiger partial charge in [0.25, 0.3) is 5.78 Å². The number of amides is 1. The monoisotopic (exact) mass is 651 g/mol. The molecule has 1 amide bonds. The van der Waals surface area contributed by atoms with Crippen molar-refractivity contribution in [3.05, 3.63) is 94.0 Å². The van der Waals surface area contributed by atoms with Gasteiger partial charge in [-0.2, -0.15) is 0 Å². The standard InChI is InChI=1S/C32H30ClN3O6S2/c1-4-5-16-42-23-13-8-20(9-14-23)28(37)26-27(21-10-15-24(40-2)25(17-21)41-3)36(30(39)29(26)38)31-34-35-32(44-31)43-18-19-6-11-22(33)12-7-19/h6-15,17,27,37H,4-5,16,18H2,1-3H3/b28-26-. The van der Waals surface area contributed by atoms with Crippen LogP contribution in [-0.2, 0) is 15.3 Å². The average Bonchev–Trinajstić information content (AvgIpc) is 3.62. The number of carbonyl (C=O) groups excluding carboxylic acids is 2. The number of thioether (sulfide) groups is 1. The molecule has 1 atom stereocenters. The predicted octanol–water partition coefficient (Wildman–Crippen LogP) is 7.31. The minimum atomic E-state index is -1.00. The summed E-state index contributed by atoms with van der Waals surface area (Å²) in [6.45, 7) is 2.66. The zero-order chi connectivity index (χ0) is 31.2. The van der Waals surface area contributed by atoms with E-state index in [0.717, 1.165) is 18.4 Å². The molecule has 1 aliphatic heterocycles. The number of methoxy groups -OCH3 is 2. The largest absolute Gasteiger partial charge is 0.507 e. The summed E-state index contributed by atoms with van der Waals surface area (Å²) in [6, 6.07) is 18.3. The molecule has 0 saturated carbocycles. The van der Waals surface area contributed by atoms with Crippen LogP contribution in [0.1, 0.15) is 42.5 Å². The second-order valence-electron chi connectivity index (χ2n) is 9.78. The highest BCUT2D eigenvalue weighted by Gasteiger charge is 2.48. The van der Waals surface area contributed by atoms with Crippen LogP contribution in [-0.4, -0.2) is 47.8 Å². The molecule has 1 fully saturated rings. The number of Topliss-reactive ketones (excluding diaryl/α,β-unsaturated/α-hetero) is 1. The number of ether oxygens (including phenoxy) is 3. The molecular formula is C32H30ClN3O6S2. The SMILES string of the molecule is CCCCOc1ccc(/C(O)=C2/C(=O)C(=O)N(c3nnc(SCc4ccc(Cl)cc4)s3)C2c2ccc(OC)c(OC)c2)cc1. The molecule has 4 aromatic rings. The summed E-state index contributed by atoms with van der Waals surface area (Å²) in [5, 5.41) is 20.9. The number of hydrogen-bond acceptors (Lipinski definition) is 10. The molecule has 1 N–H and O–H groups in total. The van der Waals surface area contributed by atoms with Crippen molar-refractivity contribution >= 4 is 57.3 Å². The molecule has 44 heavy (non-hydrogen) atoms. The number of unbranched alkanes of at least 4 members (excludes halogenated alkanes) is 1. The first-order chi connectivity index (χ1) is 21.3. The first-order valence-electron chi connectivity index (χ1n) is 13.8. The maximum Gasteiger partial charge on any atom is 0.301 e. The lowest BCUT2D eigenvalue weighted by Gasteiger charge is -2.23. The predicted molar refractivity (Wildman–Crippen MR) is 172 cm³/mol. The van der Waals surface area contributed by atoms with Crippen molar-refractivity contribution in [2.45, 2.75) is 35.9 Å². The van der Waals surface area contributed by atoms with Crippen LogP contribution in [0, 0.1) is 0 Å². The van der Waals surface area contributed by atoms with Crippen LogP contribution in [0.2, 0.25) is 5.02 Å². The summed E-state index contributed by atoms with van der Waals surface area (Å²) in [5.41, 5.74) is 1.86. The van der Waals surface area contributed by atoms with Gasteiger partial charge >= 0.3 is 5.91 Å². The van der Waals surface area contributed by atoms with Crippen molar-refractivity contribution in [1.82, 2.24) is 10.2 Å². The Labute approximate surface area is 268 Å². The number of rotatable bonds is 12. The lowest BCUT2D eigenvalue weighted by Crippen LogP contribution is -2.29. The van der Waals surface area contributed by atoms with Gasteiger partial charge in [0, 0.05) is 16.3 Å². The highest BCUT2D eigenvalue weighted by molar-refractivity contribution is 8.00. The highest BCUT2D eigenvalue weighted by atomic mass is 35.5. The van der Waals surface area contributed by atoms with Crippen molar-refractivity contribution in [3.63, 3.8) is 0 Å². The summed E-state index contributed by atoms with van der Waals surface area (Å²) < 4.78 is 17.3. The third-order valence-corrected chi connectivity index (χ3v) is 9.32. The Kier molecular flexibility index (Phi) is 10.1. The number of nitrogens with zero attached hydrogens (tertiary/aromatic N) is 3. The first kappa shape index (κ1) is 31.4. The molecule has 0 radical (unpaired) electrons. The highest BCUT2D eigenvalue weighted by Crippen LogP contribution is 2.45. The third kappa shape index (κ3) is 6.69. The van der Waals surface area contributed by atoms with E-state index in [2.05, 4.69) is 17.1 Å². The number of anilines is 1. The maximum atomic E-state index is 13.6. The Morgan fingerprint density at radius 3 is 2.41 bits per heavy atom. The van der Waals surface area contributed by atoms with Crippen LogP contribution < -0.4 is 19.1 Å².